The van der Waals surface area contributed by atoms with Crippen LogP contribution in [0.2, 0.25) is 0 Å². The third-order valence-electron chi connectivity index (χ3n) is 2.69. The molecule has 1 saturated heterocycles. The molecule has 0 bridgehead atoms. The van der Waals surface area contributed by atoms with E-state index in [-0.39, 0.29) is 5.69 Å². The molecule has 1 unspecified atom stereocenters. The Morgan fingerprint density at radius 2 is 2.22 bits per heavy atom. The van der Waals surface area contributed by atoms with Crippen LogP contribution in [0.15, 0.2) is 18.2 Å². The Morgan fingerprint density at radius 1 is 1.44 bits per heavy atom. The molecule has 0 aromatic heterocycles. The van der Waals surface area contributed by atoms with Crippen LogP contribution in [0.4, 0.5) is 15.8 Å². The molecule has 1 aliphatic heterocycles. The summed E-state index contributed by atoms with van der Waals surface area (Å²) >= 11 is 0. The van der Waals surface area contributed by atoms with Crippen molar-refractivity contribution in [2.24, 2.45) is 0 Å². The fourth-order valence-electron chi connectivity index (χ4n) is 1.91. The Kier molecular flexibility index (Phi) is 3.72. The summed E-state index contributed by atoms with van der Waals surface area (Å²) in [5, 5.41) is 6.44. The van der Waals surface area contributed by atoms with Crippen LogP contribution in [0.25, 0.3) is 0 Å². The molecule has 1 aromatic carbocycles. The Hall–Kier alpha value is -1.34. The van der Waals surface area contributed by atoms with Gasteiger partial charge < -0.3 is 10.6 Å². The maximum Gasteiger partial charge on any atom is 0.229 e. The van der Waals surface area contributed by atoms with Crippen LogP contribution >= 0.6 is 0 Å². The quantitative estimate of drug-likeness (QED) is 0.764. The number of benzene rings is 1. The first-order valence-corrected chi connectivity index (χ1v) is 7.58. The Morgan fingerprint density at radius 3 is 2.83 bits per heavy atom. The second kappa shape index (κ2) is 5.11. The first-order valence-electron chi connectivity index (χ1n) is 5.69. The van der Waals surface area contributed by atoms with Crippen LogP contribution in [-0.4, -0.2) is 33.8 Å². The molecule has 2 rings (SSSR count). The molecule has 1 heterocycles. The molecule has 1 aliphatic rings. The van der Waals surface area contributed by atoms with E-state index in [4.69, 9.17) is 0 Å². The zero-order valence-electron chi connectivity index (χ0n) is 10.0. The van der Waals surface area contributed by atoms with Crippen molar-refractivity contribution in [3.05, 3.63) is 24.0 Å². The highest BCUT2D eigenvalue weighted by molar-refractivity contribution is 7.92. The van der Waals surface area contributed by atoms with Crippen LogP contribution in [0, 0.1) is 5.82 Å². The maximum atomic E-state index is 13.4. The van der Waals surface area contributed by atoms with E-state index < -0.39 is 15.8 Å². The molecule has 1 aromatic rings. The molecule has 18 heavy (non-hydrogen) atoms. The van der Waals surface area contributed by atoms with Gasteiger partial charge in [0.15, 0.2) is 0 Å². The summed E-state index contributed by atoms with van der Waals surface area (Å²) in [6.45, 7) is 1.81. The molecule has 100 valence electrons. The molecule has 0 radical (unpaired) electrons. The van der Waals surface area contributed by atoms with Crippen LogP contribution in [0.1, 0.15) is 6.42 Å². The van der Waals surface area contributed by atoms with Gasteiger partial charge in [0, 0.05) is 18.3 Å². The van der Waals surface area contributed by atoms with Gasteiger partial charge >= 0.3 is 0 Å². The molecule has 0 saturated carbocycles. The van der Waals surface area contributed by atoms with Crippen molar-refractivity contribution in [1.82, 2.24) is 5.32 Å². The number of hydrogen-bond donors (Lipinski definition) is 3. The van der Waals surface area contributed by atoms with Gasteiger partial charge in [0.05, 0.1) is 11.9 Å². The van der Waals surface area contributed by atoms with Gasteiger partial charge in [-0.2, -0.15) is 0 Å². The predicted octanol–water partition coefficient (Wildman–Crippen LogP) is 0.971. The van der Waals surface area contributed by atoms with E-state index in [0.29, 0.717) is 11.7 Å². The SMILES string of the molecule is CS(=O)(=O)Nc1cc(NC2CCNC2)ccc1F. The summed E-state index contributed by atoms with van der Waals surface area (Å²) in [5.74, 6) is -0.587. The third kappa shape index (κ3) is 3.58. The van der Waals surface area contributed by atoms with Crippen molar-refractivity contribution >= 4 is 21.4 Å². The molecular formula is C11H16FN3O2S. The molecular weight excluding hydrogens is 257 g/mol. The van der Waals surface area contributed by atoms with Crippen LogP contribution in [0.5, 0.6) is 0 Å². The van der Waals surface area contributed by atoms with Crippen LogP contribution in [0.3, 0.4) is 0 Å². The van der Waals surface area contributed by atoms with Crippen LogP contribution in [-0.2, 0) is 10.0 Å². The van der Waals surface area contributed by atoms with Gasteiger partial charge in [-0.25, -0.2) is 12.8 Å². The van der Waals surface area contributed by atoms with Gasteiger partial charge in [0.2, 0.25) is 10.0 Å². The Bertz CT molecular complexity index is 527. The fourth-order valence-corrected chi connectivity index (χ4v) is 2.46. The van der Waals surface area contributed by atoms with Gasteiger partial charge in [-0.1, -0.05) is 0 Å². The highest BCUT2D eigenvalue weighted by Crippen LogP contribution is 2.21. The monoisotopic (exact) mass is 273 g/mol. The van der Waals surface area contributed by atoms with Crippen molar-refractivity contribution in [2.45, 2.75) is 12.5 Å². The molecule has 1 atom stereocenters. The molecule has 0 spiro atoms. The minimum absolute atomic E-state index is 0.0338. The highest BCUT2D eigenvalue weighted by atomic mass is 32.2. The smallest absolute Gasteiger partial charge is 0.229 e. The molecule has 0 aliphatic carbocycles. The van der Waals surface area contributed by atoms with Gasteiger partial charge in [0.25, 0.3) is 0 Å². The summed E-state index contributed by atoms with van der Waals surface area (Å²) in [4.78, 5) is 0. The zero-order chi connectivity index (χ0) is 13.2. The van der Waals surface area contributed by atoms with E-state index in [9.17, 15) is 12.8 Å². The van der Waals surface area contributed by atoms with E-state index in [0.717, 1.165) is 25.8 Å². The fraction of sp³-hybridized carbons (Fsp3) is 0.455. The molecule has 3 N–H and O–H groups in total. The molecule has 7 heteroatoms. The largest absolute Gasteiger partial charge is 0.381 e. The standard InChI is InChI=1S/C11H16FN3O2S/c1-18(16,17)15-11-6-8(2-3-10(11)12)14-9-4-5-13-7-9/h2-3,6,9,13-15H,4-5,7H2,1H3. The normalized spacial score (nSPS) is 19.8. The van der Waals surface area contributed by atoms with E-state index >= 15 is 0 Å². The lowest BCUT2D eigenvalue weighted by atomic mass is 10.2. The first-order chi connectivity index (χ1) is 8.44. The van der Waals surface area contributed by atoms with Crippen molar-refractivity contribution in [3.8, 4) is 0 Å². The lowest BCUT2D eigenvalue weighted by Crippen LogP contribution is -2.22. The van der Waals surface area contributed by atoms with E-state index in [1.807, 2.05) is 0 Å². The number of halogens is 1. The average molecular weight is 273 g/mol. The second-order valence-corrected chi connectivity index (χ2v) is 6.15. The Balaban J connectivity index is 2.15. The Labute approximate surface area is 106 Å². The summed E-state index contributed by atoms with van der Waals surface area (Å²) < 4.78 is 37.8. The number of hydrogen-bond acceptors (Lipinski definition) is 4. The second-order valence-electron chi connectivity index (χ2n) is 4.40. The minimum Gasteiger partial charge on any atom is -0.381 e. The van der Waals surface area contributed by atoms with E-state index in [1.165, 1.54) is 12.1 Å². The number of rotatable bonds is 4. The minimum atomic E-state index is -3.47. The molecule has 5 nitrogen and oxygen atoms in total. The molecule has 0 amide bonds. The zero-order valence-corrected chi connectivity index (χ0v) is 10.8. The van der Waals surface area contributed by atoms with E-state index in [2.05, 4.69) is 15.4 Å². The summed E-state index contributed by atoms with van der Waals surface area (Å²) in [6.07, 6.45) is 1.99. The van der Waals surface area contributed by atoms with Gasteiger partial charge in [0.1, 0.15) is 5.82 Å². The predicted molar refractivity (Wildman–Crippen MR) is 69.8 cm³/mol. The topological polar surface area (TPSA) is 70.2 Å². The lowest BCUT2D eigenvalue weighted by Gasteiger charge is -2.14. The number of anilines is 2. The highest BCUT2D eigenvalue weighted by Gasteiger charge is 2.15. The van der Waals surface area contributed by atoms with Gasteiger partial charge in [-0.15, -0.1) is 0 Å². The van der Waals surface area contributed by atoms with Crippen molar-refractivity contribution < 1.29 is 12.8 Å². The average Bonchev–Trinajstić information content (AvgIpc) is 2.74. The van der Waals surface area contributed by atoms with Crippen molar-refractivity contribution in [2.75, 3.05) is 29.4 Å². The lowest BCUT2D eigenvalue weighted by molar-refractivity contribution is 0.603. The first kappa shape index (κ1) is 13.1. The number of nitrogens with one attached hydrogen (secondary N) is 3. The summed E-state index contributed by atoms with van der Waals surface area (Å²) in [7, 11) is -3.47. The summed E-state index contributed by atoms with van der Waals surface area (Å²) in [6, 6.07) is 4.61. The van der Waals surface area contributed by atoms with Crippen molar-refractivity contribution in [3.63, 3.8) is 0 Å². The maximum absolute atomic E-state index is 13.4. The van der Waals surface area contributed by atoms with E-state index in [1.54, 1.807) is 6.07 Å². The third-order valence-corrected chi connectivity index (χ3v) is 3.28. The van der Waals surface area contributed by atoms with Crippen LogP contribution < -0.4 is 15.4 Å². The summed E-state index contributed by atoms with van der Waals surface area (Å²) in [5.41, 5.74) is 0.671. The van der Waals surface area contributed by atoms with Gasteiger partial charge in [-0.3, -0.25) is 4.72 Å². The number of sulfonamides is 1. The van der Waals surface area contributed by atoms with Gasteiger partial charge in [-0.05, 0) is 31.2 Å². The molecule has 1 fully saturated rings. The van der Waals surface area contributed by atoms with Crippen molar-refractivity contribution in [1.29, 1.82) is 0 Å².